The van der Waals surface area contributed by atoms with Crippen LogP contribution in [0.4, 0.5) is 0 Å². The molecule has 94 valence electrons. The van der Waals surface area contributed by atoms with Crippen LogP contribution in [0.1, 0.15) is 31.2 Å². The molecule has 17 heavy (non-hydrogen) atoms. The highest BCUT2D eigenvalue weighted by Gasteiger charge is 2.34. The molecule has 1 saturated carbocycles. The molecule has 4 heteroatoms. The lowest BCUT2D eigenvalue weighted by molar-refractivity contribution is -0.00808. The molecule has 0 spiro atoms. The molecule has 0 unspecified atom stereocenters. The number of hydrogen-bond donors (Lipinski definition) is 2. The fraction of sp³-hybridized carbons (Fsp3) is 0.615. The molecule has 1 aliphatic carbocycles. The topological polar surface area (TPSA) is 54.4 Å². The first-order chi connectivity index (χ1) is 8.18. The van der Waals surface area contributed by atoms with Crippen molar-refractivity contribution in [2.24, 2.45) is 0 Å². The van der Waals surface area contributed by atoms with E-state index in [1.165, 1.54) is 0 Å². The minimum Gasteiger partial charge on any atom is -0.495 e. The molecular formula is C13H20N2O2. The third-order valence-corrected chi connectivity index (χ3v) is 3.71. The van der Waals surface area contributed by atoms with Crippen LogP contribution in [0.3, 0.4) is 0 Å². The molecule has 0 amide bonds. The second kappa shape index (κ2) is 5.02. The van der Waals surface area contributed by atoms with Crippen molar-refractivity contribution >= 4 is 0 Å². The van der Waals surface area contributed by atoms with E-state index in [0.717, 1.165) is 31.2 Å². The van der Waals surface area contributed by atoms with Crippen molar-refractivity contribution in [3.8, 4) is 5.75 Å². The first kappa shape index (κ1) is 12.3. The van der Waals surface area contributed by atoms with Gasteiger partial charge in [0.1, 0.15) is 5.75 Å². The summed E-state index contributed by atoms with van der Waals surface area (Å²) in [5.74, 6) is 0.701. The Balaban J connectivity index is 2.15. The van der Waals surface area contributed by atoms with Crippen LogP contribution in [-0.4, -0.2) is 30.3 Å². The maximum absolute atomic E-state index is 10.7. The maximum Gasteiger partial charge on any atom is 0.137 e. The van der Waals surface area contributed by atoms with E-state index in [4.69, 9.17) is 4.74 Å². The molecule has 0 bridgehead atoms. The summed E-state index contributed by atoms with van der Waals surface area (Å²) in [6, 6.07) is 2.40. The van der Waals surface area contributed by atoms with Crippen molar-refractivity contribution in [3.63, 3.8) is 0 Å². The van der Waals surface area contributed by atoms with Crippen LogP contribution in [0, 0.1) is 0 Å². The number of methoxy groups -OCH3 is 1. The zero-order chi connectivity index (χ0) is 12.3. The molecule has 1 aromatic rings. The molecule has 2 rings (SSSR count). The lowest BCUT2D eigenvalue weighted by Gasteiger charge is -2.36. The third-order valence-electron chi connectivity index (χ3n) is 3.71. The fourth-order valence-electron chi connectivity index (χ4n) is 2.46. The van der Waals surface area contributed by atoms with E-state index in [1.54, 1.807) is 19.5 Å². The van der Waals surface area contributed by atoms with E-state index in [0.29, 0.717) is 11.8 Å². The van der Waals surface area contributed by atoms with Gasteiger partial charge in [0, 0.05) is 17.8 Å². The van der Waals surface area contributed by atoms with Crippen LogP contribution in [0.2, 0.25) is 0 Å². The predicted octanol–water partition coefficient (Wildman–Crippen LogP) is 1.44. The first-order valence-corrected chi connectivity index (χ1v) is 6.07. The average molecular weight is 236 g/mol. The summed E-state index contributed by atoms with van der Waals surface area (Å²) in [4.78, 5) is 4.11. The van der Waals surface area contributed by atoms with E-state index >= 15 is 0 Å². The highest BCUT2D eigenvalue weighted by molar-refractivity contribution is 5.28. The maximum atomic E-state index is 10.7. The summed E-state index contributed by atoms with van der Waals surface area (Å²) in [6.45, 7) is 0. The van der Waals surface area contributed by atoms with Crippen molar-refractivity contribution in [3.05, 3.63) is 24.0 Å². The van der Waals surface area contributed by atoms with Gasteiger partial charge in [-0.05, 0) is 38.8 Å². The van der Waals surface area contributed by atoms with E-state index < -0.39 is 5.60 Å². The highest BCUT2D eigenvalue weighted by Crippen LogP contribution is 2.37. The van der Waals surface area contributed by atoms with Crippen LogP contribution in [0.25, 0.3) is 0 Å². The van der Waals surface area contributed by atoms with Gasteiger partial charge in [-0.15, -0.1) is 0 Å². The Hall–Kier alpha value is -1.13. The predicted molar refractivity (Wildman–Crippen MR) is 66.0 cm³/mol. The van der Waals surface area contributed by atoms with Gasteiger partial charge >= 0.3 is 0 Å². The highest BCUT2D eigenvalue weighted by atomic mass is 16.5. The normalized spacial score (nSPS) is 29.0. The zero-order valence-electron chi connectivity index (χ0n) is 10.4. The van der Waals surface area contributed by atoms with Crippen LogP contribution in [0.5, 0.6) is 5.75 Å². The van der Waals surface area contributed by atoms with Crippen LogP contribution < -0.4 is 10.1 Å². The molecule has 2 N–H and O–H groups in total. The number of pyridine rings is 1. The minimum atomic E-state index is -0.741. The first-order valence-electron chi connectivity index (χ1n) is 6.07. The molecule has 1 aliphatic rings. The molecule has 1 heterocycles. The van der Waals surface area contributed by atoms with Gasteiger partial charge in [-0.3, -0.25) is 4.98 Å². The number of nitrogens with one attached hydrogen (secondary N) is 1. The molecule has 0 atom stereocenters. The number of nitrogens with zero attached hydrogens (tertiary/aromatic N) is 1. The Bertz CT molecular complexity index is 373. The average Bonchev–Trinajstić information content (AvgIpc) is 2.40. The van der Waals surface area contributed by atoms with E-state index in [9.17, 15) is 5.11 Å². The Kier molecular flexibility index (Phi) is 3.64. The summed E-state index contributed by atoms with van der Waals surface area (Å²) in [5.41, 5.74) is 0.126. The van der Waals surface area contributed by atoms with Gasteiger partial charge in [0.2, 0.25) is 0 Å². The van der Waals surface area contributed by atoms with Gasteiger partial charge in [0.05, 0.1) is 18.9 Å². The quantitative estimate of drug-likeness (QED) is 0.834. The molecule has 0 radical (unpaired) electrons. The van der Waals surface area contributed by atoms with E-state index in [-0.39, 0.29) is 0 Å². The molecule has 1 fully saturated rings. The molecule has 0 aliphatic heterocycles. The third kappa shape index (κ3) is 2.58. The van der Waals surface area contributed by atoms with Gasteiger partial charge in [-0.25, -0.2) is 0 Å². The Morgan fingerprint density at radius 2 is 2.12 bits per heavy atom. The second-order valence-electron chi connectivity index (χ2n) is 4.71. The zero-order valence-corrected chi connectivity index (χ0v) is 10.4. The standard InChI is InChI=1S/C13H20N2O2/c1-14-11-3-5-13(16,6-4-11)10-7-12(17-2)9-15-8-10/h7-9,11,14,16H,3-6H2,1-2H3. The van der Waals surface area contributed by atoms with E-state index in [1.807, 2.05) is 13.1 Å². The molecule has 4 nitrogen and oxygen atoms in total. The summed E-state index contributed by atoms with van der Waals surface area (Å²) in [5, 5.41) is 13.9. The summed E-state index contributed by atoms with van der Waals surface area (Å²) in [6.07, 6.45) is 6.92. The molecule has 1 aromatic heterocycles. The van der Waals surface area contributed by atoms with Crippen molar-refractivity contribution in [1.29, 1.82) is 0 Å². The number of aliphatic hydroxyl groups is 1. The molecule has 0 saturated heterocycles. The smallest absolute Gasteiger partial charge is 0.137 e. The van der Waals surface area contributed by atoms with Crippen molar-refractivity contribution in [2.45, 2.75) is 37.3 Å². The van der Waals surface area contributed by atoms with Gasteiger partial charge < -0.3 is 15.2 Å². The monoisotopic (exact) mass is 236 g/mol. The van der Waals surface area contributed by atoms with Gasteiger partial charge in [-0.2, -0.15) is 0 Å². The second-order valence-corrected chi connectivity index (χ2v) is 4.71. The number of aromatic nitrogens is 1. The lowest BCUT2D eigenvalue weighted by atomic mass is 9.78. The Labute approximate surface area is 102 Å². The van der Waals surface area contributed by atoms with Gasteiger partial charge in [0.25, 0.3) is 0 Å². The summed E-state index contributed by atoms with van der Waals surface area (Å²) < 4.78 is 5.15. The van der Waals surface area contributed by atoms with Crippen LogP contribution in [-0.2, 0) is 5.60 Å². The Morgan fingerprint density at radius 3 is 2.71 bits per heavy atom. The molecular weight excluding hydrogens is 216 g/mol. The van der Waals surface area contributed by atoms with Gasteiger partial charge in [0.15, 0.2) is 0 Å². The summed E-state index contributed by atoms with van der Waals surface area (Å²) >= 11 is 0. The Morgan fingerprint density at radius 1 is 1.41 bits per heavy atom. The SMILES string of the molecule is CNC1CCC(O)(c2cncc(OC)c2)CC1. The van der Waals surface area contributed by atoms with Crippen molar-refractivity contribution in [1.82, 2.24) is 10.3 Å². The van der Waals surface area contributed by atoms with Crippen LogP contribution >= 0.6 is 0 Å². The van der Waals surface area contributed by atoms with Gasteiger partial charge in [-0.1, -0.05) is 0 Å². The fourth-order valence-corrected chi connectivity index (χ4v) is 2.46. The molecule has 0 aromatic carbocycles. The summed E-state index contributed by atoms with van der Waals surface area (Å²) in [7, 11) is 3.59. The largest absolute Gasteiger partial charge is 0.495 e. The van der Waals surface area contributed by atoms with E-state index in [2.05, 4.69) is 10.3 Å². The van der Waals surface area contributed by atoms with Crippen LogP contribution in [0.15, 0.2) is 18.5 Å². The number of rotatable bonds is 3. The number of hydrogen-bond acceptors (Lipinski definition) is 4. The number of ether oxygens (including phenoxy) is 1. The van der Waals surface area contributed by atoms with Crippen molar-refractivity contribution < 1.29 is 9.84 Å². The van der Waals surface area contributed by atoms with Crippen molar-refractivity contribution in [2.75, 3.05) is 14.2 Å². The minimum absolute atomic E-state index is 0.522. The lowest BCUT2D eigenvalue weighted by Crippen LogP contribution is -2.38.